The summed E-state index contributed by atoms with van der Waals surface area (Å²) in [7, 11) is 0. The van der Waals surface area contributed by atoms with Gasteiger partial charge < -0.3 is 10.2 Å². The Kier molecular flexibility index (Phi) is 6.09. The molecule has 0 amide bonds. The van der Waals surface area contributed by atoms with Gasteiger partial charge in [0.15, 0.2) is 0 Å². The first-order valence-electron chi connectivity index (χ1n) is 6.28. The number of carbonyl (C=O) groups excluding carboxylic acids is 1. The van der Waals surface area contributed by atoms with Crippen molar-refractivity contribution in [2.75, 3.05) is 0 Å². The third kappa shape index (κ3) is 5.66. The lowest BCUT2D eigenvalue weighted by Crippen LogP contribution is -2.29. The third-order valence-corrected chi connectivity index (χ3v) is 2.53. The average molecular weight is 284 g/mol. The van der Waals surface area contributed by atoms with Crippen LogP contribution < -0.4 is 0 Å². The molecule has 1 atom stereocenters. The molecule has 1 aromatic carbocycles. The van der Waals surface area contributed by atoms with E-state index in [4.69, 9.17) is 9.99 Å². The van der Waals surface area contributed by atoms with Crippen LogP contribution in [0.1, 0.15) is 43.1 Å². The van der Waals surface area contributed by atoms with Gasteiger partial charge in [-0.2, -0.15) is 4.89 Å². The van der Waals surface area contributed by atoms with Crippen LogP contribution >= 0.6 is 0 Å². The molecule has 20 heavy (non-hydrogen) atoms. The summed E-state index contributed by atoms with van der Waals surface area (Å²) in [6.07, 6.45) is -0.231. The van der Waals surface area contributed by atoms with Gasteiger partial charge in [-0.25, -0.2) is 4.79 Å². The van der Waals surface area contributed by atoms with Gasteiger partial charge in [0.05, 0.1) is 18.3 Å². The Bertz CT molecular complexity index is 424. The van der Waals surface area contributed by atoms with Crippen molar-refractivity contribution in [2.24, 2.45) is 0 Å². The van der Waals surface area contributed by atoms with Crippen molar-refractivity contribution in [3.63, 3.8) is 0 Å². The van der Waals surface area contributed by atoms with E-state index in [1.54, 1.807) is 32.9 Å². The smallest absolute Gasteiger partial charge is 0.376 e. The second-order valence-electron chi connectivity index (χ2n) is 5.19. The molecule has 112 valence electrons. The Morgan fingerprint density at radius 1 is 1.30 bits per heavy atom. The van der Waals surface area contributed by atoms with Gasteiger partial charge in [-0.05, 0) is 43.5 Å². The molecular weight excluding hydrogens is 264 g/mol. The summed E-state index contributed by atoms with van der Waals surface area (Å²) in [5.41, 5.74) is 0.186. The molecule has 2 N–H and O–H groups in total. The number of rotatable bonds is 7. The highest BCUT2D eigenvalue weighted by Crippen LogP contribution is 2.17. The van der Waals surface area contributed by atoms with Gasteiger partial charge in [0.25, 0.3) is 0 Å². The minimum Gasteiger partial charge on any atom is -0.393 e. The fraction of sp³-hybridized carbons (Fsp3) is 0.500. The van der Waals surface area contributed by atoms with Crippen LogP contribution in [0.15, 0.2) is 24.3 Å². The molecule has 0 fully saturated rings. The second kappa shape index (κ2) is 7.35. The van der Waals surface area contributed by atoms with E-state index in [9.17, 15) is 9.90 Å². The van der Waals surface area contributed by atoms with Crippen molar-refractivity contribution in [3.05, 3.63) is 35.4 Å². The minimum atomic E-state index is -0.783. The van der Waals surface area contributed by atoms with Crippen LogP contribution in [0.25, 0.3) is 0 Å². The second-order valence-corrected chi connectivity index (χ2v) is 5.19. The Morgan fingerprint density at radius 2 is 1.90 bits per heavy atom. The largest absolute Gasteiger partial charge is 0.393 e. The molecule has 0 aliphatic heterocycles. The Balaban J connectivity index is 2.43. The molecule has 0 spiro atoms. The standard InChI is InChI=1S/C14H20O6/c1-10(16)8-14(2,3)19-20-18-13(17)12-6-4-11(9-15)5-7-12/h4-7,10,15-16H,8-9H2,1-3H3. The summed E-state index contributed by atoms with van der Waals surface area (Å²) < 4.78 is 0. The normalized spacial score (nSPS) is 13.1. The van der Waals surface area contributed by atoms with E-state index in [1.165, 1.54) is 12.1 Å². The zero-order valence-electron chi connectivity index (χ0n) is 11.8. The van der Waals surface area contributed by atoms with Crippen molar-refractivity contribution >= 4 is 5.97 Å². The van der Waals surface area contributed by atoms with E-state index >= 15 is 0 Å². The average Bonchev–Trinajstić information content (AvgIpc) is 2.37. The highest BCUT2D eigenvalue weighted by atomic mass is 17.5. The van der Waals surface area contributed by atoms with E-state index < -0.39 is 17.7 Å². The number of hydrogen-bond donors (Lipinski definition) is 2. The molecule has 1 aromatic rings. The fourth-order valence-electron chi connectivity index (χ4n) is 1.68. The fourth-order valence-corrected chi connectivity index (χ4v) is 1.68. The van der Waals surface area contributed by atoms with Crippen LogP contribution in [0.2, 0.25) is 0 Å². The molecule has 1 rings (SSSR count). The van der Waals surface area contributed by atoms with E-state index in [-0.39, 0.29) is 12.2 Å². The molecule has 0 heterocycles. The maximum atomic E-state index is 11.6. The van der Waals surface area contributed by atoms with Crippen LogP contribution in [-0.4, -0.2) is 27.9 Å². The van der Waals surface area contributed by atoms with Crippen LogP contribution in [0.3, 0.4) is 0 Å². The molecular formula is C14H20O6. The molecule has 0 radical (unpaired) electrons. The van der Waals surface area contributed by atoms with Crippen LogP contribution in [0.5, 0.6) is 0 Å². The number of aliphatic hydroxyl groups excluding tert-OH is 2. The first kappa shape index (κ1) is 16.6. The quantitative estimate of drug-likeness (QED) is 0.586. The molecule has 0 saturated carbocycles. The summed E-state index contributed by atoms with van der Waals surface area (Å²) in [6, 6.07) is 6.24. The van der Waals surface area contributed by atoms with Gasteiger partial charge in [-0.3, -0.25) is 4.89 Å². The van der Waals surface area contributed by atoms with Crippen LogP contribution in [0, 0.1) is 0 Å². The number of aliphatic hydroxyl groups is 2. The predicted molar refractivity (Wildman–Crippen MR) is 70.3 cm³/mol. The zero-order valence-corrected chi connectivity index (χ0v) is 11.8. The first-order valence-corrected chi connectivity index (χ1v) is 6.28. The van der Waals surface area contributed by atoms with E-state index in [0.717, 1.165) is 0 Å². The van der Waals surface area contributed by atoms with Crippen molar-refractivity contribution in [2.45, 2.75) is 45.5 Å². The van der Waals surface area contributed by atoms with Gasteiger partial charge in [-0.1, -0.05) is 12.1 Å². The summed E-state index contributed by atoms with van der Waals surface area (Å²) in [6.45, 7) is 4.93. The predicted octanol–water partition coefficient (Wildman–Crippen LogP) is 1.75. The van der Waals surface area contributed by atoms with Gasteiger partial charge in [0, 0.05) is 6.42 Å². The number of carbonyl (C=O) groups is 1. The lowest BCUT2D eigenvalue weighted by Gasteiger charge is -2.23. The molecule has 0 aliphatic rings. The van der Waals surface area contributed by atoms with Crippen molar-refractivity contribution in [3.8, 4) is 0 Å². The molecule has 0 aromatic heterocycles. The first-order chi connectivity index (χ1) is 9.34. The SMILES string of the molecule is CC(O)CC(C)(C)OOOC(=O)c1ccc(CO)cc1. The molecule has 0 bridgehead atoms. The van der Waals surface area contributed by atoms with Crippen LogP contribution in [-0.2, 0) is 21.4 Å². The molecule has 0 aliphatic carbocycles. The molecule has 6 nitrogen and oxygen atoms in total. The Hall–Kier alpha value is -1.47. The van der Waals surface area contributed by atoms with Gasteiger partial charge >= 0.3 is 5.97 Å². The van der Waals surface area contributed by atoms with Crippen molar-refractivity contribution in [1.82, 2.24) is 0 Å². The summed E-state index contributed by atoms with van der Waals surface area (Å²) in [5.74, 6) is -0.706. The van der Waals surface area contributed by atoms with E-state index in [0.29, 0.717) is 12.0 Å². The Labute approximate surface area is 117 Å². The van der Waals surface area contributed by atoms with Gasteiger partial charge in [-0.15, -0.1) is 0 Å². The number of benzene rings is 1. The Morgan fingerprint density at radius 3 is 2.40 bits per heavy atom. The van der Waals surface area contributed by atoms with E-state index in [2.05, 4.69) is 9.93 Å². The minimum absolute atomic E-state index is 0.0948. The summed E-state index contributed by atoms with van der Waals surface area (Å²) >= 11 is 0. The maximum absolute atomic E-state index is 11.6. The van der Waals surface area contributed by atoms with E-state index in [1.807, 2.05) is 0 Å². The highest BCUT2D eigenvalue weighted by molar-refractivity contribution is 5.88. The van der Waals surface area contributed by atoms with Crippen molar-refractivity contribution in [1.29, 1.82) is 0 Å². The summed E-state index contributed by atoms with van der Waals surface area (Å²) in [4.78, 5) is 21.1. The lowest BCUT2D eigenvalue weighted by molar-refractivity contribution is -0.513. The molecule has 0 saturated heterocycles. The maximum Gasteiger partial charge on any atom is 0.376 e. The number of hydrogen-bond acceptors (Lipinski definition) is 6. The lowest BCUT2D eigenvalue weighted by atomic mass is 10.0. The third-order valence-electron chi connectivity index (χ3n) is 2.53. The molecule has 6 heteroatoms. The topological polar surface area (TPSA) is 85.2 Å². The highest BCUT2D eigenvalue weighted by Gasteiger charge is 2.24. The van der Waals surface area contributed by atoms with Gasteiger partial charge in [0.1, 0.15) is 5.60 Å². The zero-order chi connectivity index (χ0) is 15.2. The summed E-state index contributed by atoms with van der Waals surface area (Å²) in [5, 5.41) is 22.6. The monoisotopic (exact) mass is 284 g/mol. The van der Waals surface area contributed by atoms with Crippen molar-refractivity contribution < 1.29 is 29.8 Å². The van der Waals surface area contributed by atoms with Crippen LogP contribution in [0.4, 0.5) is 0 Å². The van der Waals surface area contributed by atoms with Gasteiger partial charge in [0.2, 0.25) is 0 Å². The molecule has 1 unspecified atom stereocenters.